The summed E-state index contributed by atoms with van der Waals surface area (Å²) in [6, 6.07) is 13.0. The smallest absolute Gasteiger partial charge is 0.341 e. The molecule has 0 bridgehead atoms. The van der Waals surface area contributed by atoms with E-state index in [0.29, 0.717) is 29.6 Å². The first-order chi connectivity index (χ1) is 13.2. The van der Waals surface area contributed by atoms with E-state index >= 15 is 0 Å². The van der Waals surface area contributed by atoms with Crippen molar-refractivity contribution in [2.75, 3.05) is 11.4 Å². The lowest BCUT2D eigenvalue weighted by atomic mass is 10.1. The van der Waals surface area contributed by atoms with E-state index in [2.05, 4.69) is 9.97 Å². The monoisotopic (exact) mass is 361 g/mol. The molecule has 0 N–H and O–H groups in total. The van der Waals surface area contributed by atoms with Crippen molar-refractivity contribution in [1.29, 1.82) is 0 Å². The van der Waals surface area contributed by atoms with Crippen molar-refractivity contribution < 1.29 is 14.3 Å². The lowest BCUT2D eigenvalue weighted by Crippen LogP contribution is -2.40. The Labute approximate surface area is 156 Å². The summed E-state index contributed by atoms with van der Waals surface area (Å²) in [5, 5.41) is 0. The molecule has 27 heavy (non-hydrogen) atoms. The second-order valence-electron chi connectivity index (χ2n) is 6.40. The Kier molecular flexibility index (Phi) is 4.54. The number of hydrogen-bond acceptors (Lipinski definition) is 5. The first-order valence-electron chi connectivity index (χ1n) is 8.99. The Morgan fingerprint density at radius 2 is 1.93 bits per heavy atom. The summed E-state index contributed by atoms with van der Waals surface area (Å²) in [5.41, 5.74) is 3.43. The van der Waals surface area contributed by atoms with E-state index < -0.39 is 12.1 Å². The summed E-state index contributed by atoms with van der Waals surface area (Å²) in [6.45, 7) is 2.44. The highest BCUT2D eigenvalue weighted by molar-refractivity contribution is 6.04. The van der Waals surface area contributed by atoms with Crippen molar-refractivity contribution in [3.63, 3.8) is 0 Å². The molecule has 0 spiro atoms. The largest absolute Gasteiger partial charge is 0.449 e. The fourth-order valence-corrected chi connectivity index (χ4v) is 3.40. The average molecular weight is 361 g/mol. The van der Waals surface area contributed by atoms with Gasteiger partial charge in [-0.15, -0.1) is 0 Å². The highest BCUT2D eigenvalue weighted by Gasteiger charge is 2.32. The summed E-state index contributed by atoms with van der Waals surface area (Å²) in [5.74, 6) is -0.754. The first kappa shape index (κ1) is 17.1. The maximum Gasteiger partial charge on any atom is 0.341 e. The molecule has 0 aliphatic carbocycles. The molecule has 2 aromatic carbocycles. The van der Waals surface area contributed by atoms with Crippen molar-refractivity contribution >= 4 is 28.6 Å². The fraction of sp³-hybridized carbons (Fsp3) is 0.238. The number of esters is 1. The molecule has 1 amide bonds. The number of para-hydroxylation sites is 2. The highest BCUT2D eigenvalue weighted by Crippen LogP contribution is 2.29. The SMILES string of the molecule is CCC(OC(=O)c1cccc2nccnc12)C(=O)N1CCc2ccccc21. The third-order valence-corrected chi connectivity index (χ3v) is 4.77. The zero-order chi connectivity index (χ0) is 18.8. The molecule has 0 saturated carbocycles. The average Bonchev–Trinajstić information content (AvgIpc) is 3.15. The number of fused-ring (bicyclic) bond motifs is 2. The minimum absolute atomic E-state index is 0.192. The minimum Gasteiger partial charge on any atom is -0.449 e. The number of carbonyl (C=O) groups excluding carboxylic acids is 2. The molecular formula is C21H19N3O3. The summed E-state index contributed by atoms with van der Waals surface area (Å²) >= 11 is 0. The second kappa shape index (κ2) is 7.15. The molecule has 136 valence electrons. The van der Waals surface area contributed by atoms with E-state index in [4.69, 9.17) is 4.74 Å². The summed E-state index contributed by atoms with van der Waals surface area (Å²) in [7, 11) is 0. The van der Waals surface area contributed by atoms with Crippen LogP contribution in [0.15, 0.2) is 54.9 Å². The highest BCUT2D eigenvalue weighted by atomic mass is 16.5. The lowest BCUT2D eigenvalue weighted by molar-refractivity contribution is -0.127. The van der Waals surface area contributed by atoms with E-state index in [-0.39, 0.29) is 5.91 Å². The molecule has 1 aliphatic rings. The normalized spacial score (nSPS) is 14.0. The third kappa shape index (κ3) is 3.14. The van der Waals surface area contributed by atoms with Crippen LogP contribution < -0.4 is 4.90 Å². The van der Waals surface area contributed by atoms with Crippen LogP contribution in [-0.4, -0.2) is 34.5 Å². The second-order valence-corrected chi connectivity index (χ2v) is 6.40. The van der Waals surface area contributed by atoms with Gasteiger partial charge in [0.15, 0.2) is 6.10 Å². The molecule has 1 aromatic heterocycles. The standard InChI is InChI=1S/C21H19N3O3/c1-2-18(20(25)24-13-10-14-6-3-4-9-17(14)24)27-21(26)15-7-5-8-16-19(15)23-12-11-22-16/h3-9,11-12,18H,2,10,13H2,1H3. The Balaban J connectivity index is 1.57. The van der Waals surface area contributed by atoms with Crippen LogP contribution in [0.25, 0.3) is 11.0 Å². The van der Waals surface area contributed by atoms with Crippen molar-refractivity contribution in [2.24, 2.45) is 0 Å². The number of benzene rings is 2. The molecule has 1 atom stereocenters. The Morgan fingerprint density at radius 1 is 1.11 bits per heavy atom. The fourth-order valence-electron chi connectivity index (χ4n) is 3.40. The lowest BCUT2D eigenvalue weighted by Gasteiger charge is -2.23. The number of hydrogen-bond donors (Lipinski definition) is 0. The van der Waals surface area contributed by atoms with Crippen LogP contribution in [0.1, 0.15) is 29.3 Å². The predicted molar refractivity (Wildman–Crippen MR) is 102 cm³/mol. The zero-order valence-electron chi connectivity index (χ0n) is 15.0. The number of ether oxygens (including phenoxy) is 1. The van der Waals surface area contributed by atoms with Gasteiger partial charge in [-0.05, 0) is 36.6 Å². The summed E-state index contributed by atoms with van der Waals surface area (Å²) in [4.78, 5) is 35.9. The molecule has 6 heteroatoms. The van der Waals surface area contributed by atoms with E-state index in [0.717, 1.165) is 17.7 Å². The topological polar surface area (TPSA) is 72.4 Å². The number of nitrogens with zero attached hydrogens (tertiary/aromatic N) is 3. The molecule has 0 saturated heterocycles. The maximum absolute atomic E-state index is 13.0. The Bertz CT molecular complexity index is 1010. The van der Waals surface area contributed by atoms with Crippen LogP contribution in [0.3, 0.4) is 0 Å². The number of carbonyl (C=O) groups is 2. The van der Waals surface area contributed by atoms with Gasteiger partial charge in [0.25, 0.3) is 5.91 Å². The van der Waals surface area contributed by atoms with Crippen LogP contribution in [0.2, 0.25) is 0 Å². The van der Waals surface area contributed by atoms with Crippen LogP contribution in [0, 0.1) is 0 Å². The Morgan fingerprint density at radius 3 is 2.78 bits per heavy atom. The van der Waals surface area contributed by atoms with Gasteiger partial charge < -0.3 is 9.64 Å². The van der Waals surface area contributed by atoms with Gasteiger partial charge in [0, 0.05) is 24.6 Å². The van der Waals surface area contributed by atoms with Gasteiger partial charge in [-0.3, -0.25) is 14.8 Å². The first-order valence-corrected chi connectivity index (χ1v) is 8.99. The van der Waals surface area contributed by atoms with Crippen LogP contribution in [0.4, 0.5) is 5.69 Å². The number of anilines is 1. The zero-order valence-corrected chi connectivity index (χ0v) is 15.0. The summed E-state index contributed by atoms with van der Waals surface area (Å²) < 4.78 is 5.59. The predicted octanol–water partition coefficient (Wildman–Crippen LogP) is 3.15. The molecular weight excluding hydrogens is 342 g/mol. The molecule has 0 radical (unpaired) electrons. The van der Waals surface area contributed by atoms with Crippen molar-refractivity contribution in [2.45, 2.75) is 25.9 Å². The molecule has 1 aliphatic heterocycles. The molecule has 1 unspecified atom stereocenters. The third-order valence-electron chi connectivity index (χ3n) is 4.77. The number of rotatable bonds is 4. The number of aromatic nitrogens is 2. The molecule has 6 nitrogen and oxygen atoms in total. The van der Waals surface area contributed by atoms with Crippen LogP contribution in [-0.2, 0) is 16.0 Å². The van der Waals surface area contributed by atoms with Gasteiger partial charge in [0.05, 0.1) is 11.1 Å². The number of amides is 1. The minimum atomic E-state index is -0.837. The Hall–Kier alpha value is -3.28. The van der Waals surface area contributed by atoms with E-state index in [1.165, 1.54) is 6.20 Å². The van der Waals surface area contributed by atoms with Gasteiger partial charge in [0.1, 0.15) is 5.52 Å². The van der Waals surface area contributed by atoms with Crippen molar-refractivity contribution in [1.82, 2.24) is 9.97 Å². The quantitative estimate of drug-likeness (QED) is 0.668. The van der Waals surface area contributed by atoms with E-state index in [9.17, 15) is 9.59 Å². The summed E-state index contributed by atoms with van der Waals surface area (Å²) in [6.07, 6.45) is 3.48. The molecule has 2 heterocycles. The maximum atomic E-state index is 13.0. The van der Waals surface area contributed by atoms with Gasteiger partial charge >= 0.3 is 5.97 Å². The molecule has 4 rings (SSSR count). The molecule has 3 aromatic rings. The van der Waals surface area contributed by atoms with Gasteiger partial charge in [0.2, 0.25) is 0 Å². The van der Waals surface area contributed by atoms with Gasteiger partial charge in [-0.1, -0.05) is 31.2 Å². The van der Waals surface area contributed by atoms with E-state index in [1.807, 2.05) is 31.2 Å². The van der Waals surface area contributed by atoms with Crippen molar-refractivity contribution in [3.05, 3.63) is 66.0 Å². The van der Waals surface area contributed by atoms with Gasteiger partial charge in [-0.25, -0.2) is 4.79 Å². The van der Waals surface area contributed by atoms with Gasteiger partial charge in [-0.2, -0.15) is 0 Å². The molecule has 0 fully saturated rings. The van der Waals surface area contributed by atoms with Crippen molar-refractivity contribution in [3.8, 4) is 0 Å². The van der Waals surface area contributed by atoms with Crippen LogP contribution in [0.5, 0.6) is 0 Å². The van der Waals surface area contributed by atoms with Crippen LogP contribution >= 0.6 is 0 Å². The van der Waals surface area contributed by atoms with E-state index in [1.54, 1.807) is 29.3 Å².